The maximum atomic E-state index is 13.0. The fourth-order valence-corrected chi connectivity index (χ4v) is 1.69. The van der Waals surface area contributed by atoms with Crippen molar-refractivity contribution in [1.82, 2.24) is 4.98 Å². The Bertz CT molecular complexity index is 601. The number of carbonyl (C=O) groups is 1. The van der Waals surface area contributed by atoms with Gasteiger partial charge in [0.15, 0.2) is 0 Å². The van der Waals surface area contributed by atoms with E-state index in [0.717, 1.165) is 5.56 Å². The molecule has 0 fully saturated rings. The summed E-state index contributed by atoms with van der Waals surface area (Å²) in [4.78, 5) is 16.0. The number of nitrogens with one attached hydrogen (secondary N) is 1. The first-order valence-electron chi connectivity index (χ1n) is 5.28. The summed E-state index contributed by atoms with van der Waals surface area (Å²) in [6, 6.07) is 5.81. The number of hydrogen-bond acceptors (Lipinski definition) is 3. The van der Waals surface area contributed by atoms with Crippen LogP contribution in [0.4, 0.5) is 10.1 Å². The zero-order valence-electron chi connectivity index (χ0n) is 9.64. The summed E-state index contributed by atoms with van der Waals surface area (Å²) in [5, 5.41) is 2.69. The van der Waals surface area contributed by atoms with E-state index in [2.05, 4.69) is 22.9 Å². The number of nitrogens with zero attached hydrogens (tertiary/aromatic N) is 1. The van der Waals surface area contributed by atoms with Gasteiger partial charge >= 0.3 is 0 Å². The molecular formula is C13H11FN2OS. The number of amides is 1. The lowest BCUT2D eigenvalue weighted by Gasteiger charge is -2.06. The van der Waals surface area contributed by atoms with Crippen molar-refractivity contribution in [2.75, 3.05) is 5.32 Å². The number of aromatic nitrogens is 1. The van der Waals surface area contributed by atoms with Gasteiger partial charge in [0, 0.05) is 16.7 Å². The zero-order chi connectivity index (χ0) is 13.1. The van der Waals surface area contributed by atoms with E-state index >= 15 is 0 Å². The van der Waals surface area contributed by atoms with Crippen LogP contribution in [0.1, 0.15) is 15.9 Å². The maximum Gasteiger partial charge on any atom is 0.255 e. The van der Waals surface area contributed by atoms with Crippen molar-refractivity contribution in [3.63, 3.8) is 0 Å². The predicted octanol–water partition coefficient (Wildman–Crippen LogP) is 3.07. The monoisotopic (exact) mass is 262 g/mol. The first-order chi connectivity index (χ1) is 8.56. The first kappa shape index (κ1) is 12.6. The molecule has 0 saturated carbocycles. The van der Waals surface area contributed by atoms with Gasteiger partial charge in [-0.3, -0.25) is 9.78 Å². The highest BCUT2D eigenvalue weighted by Crippen LogP contribution is 2.16. The Kier molecular flexibility index (Phi) is 3.62. The molecule has 3 nitrogen and oxygen atoms in total. The Labute approximate surface area is 109 Å². The van der Waals surface area contributed by atoms with Gasteiger partial charge in [0.2, 0.25) is 0 Å². The molecule has 1 N–H and O–H groups in total. The van der Waals surface area contributed by atoms with Crippen molar-refractivity contribution >= 4 is 24.2 Å². The number of carbonyl (C=O) groups excluding carboxylic acids is 1. The van der Waals surface area contributed by atoms with Crippen LogP contribution in [0.5, 0.6) is 0 Å². The molecule has 2 rings (SSSR count). The topological polar surface area (TPSA) is 42.0 Å². The highest BCUT2D eigenvalue weighted by atomic mass is 32.1. The Hall–Kier alpha value is -1.88. The largest absolute Gasteiger partial charge is 0.321 e. The van der Waals surface area contributed by atoms with Gasteiger partial charge in [0.25, 0.3) is 5.91 Å². The molecule has 1 aromatic heterocycles. The van der Waals surface area contributed by atoms with Crippen LogP contribution in [0.25, 0.3) is 0 Å². The molecule has 1 aromatic carbocycles. The molecule has 2 aromatic rings. The molecule has 92 valence electrons. The lowest BCUT2D eigenvalue weighted by Crippen LogP contribution is -2.12. The van der Waals surface area contributed by atoms with E-state index in [9.17, 15) is 9.18 Å². The van der Waals surface area contributed by atoms with Gasteiger partial charge in [-0.2, -0.15) is 0 Å². The molecular weight excluding hydrogens is 251 g/mol. The molecule has 5 heteroatoms. The zero-order valence-corrected chi connectivity index (χ0v) is 10.5. The third-order valence-electron chi connectivity index (χ3n) is 2.34. The lowest BCUT2D eigenvalue weighted by atomic mass is 10.2. The van der Waals surface area contributed by atoms with E-state index in [-0.39, 0.29) is 10.8 Å². The molecule has 0 aliphatic rings. The molecule has 0 spiro atoms. The quantitative estimate of drug-likeness (QED) is 0.817. The SMILES string of the molecule is Cc1cncc(NC(=O)c2ccc(F)c(S)c2)c1. The number of anilines is 1. The summed E-state index contributed by atoms with van der Waals surface area (Å²) >= 11 is 3.94. The third-order valence-corrected chi connectivity index (χ3v) is 2.68. The second-order valence-electron chi connectivity index (χ2n) is 3.87. The van der Waals surface area contributed by atoms with Crippen LogP contribution in [0.15, 0.2) is 41.6 Å². The number of pyridine rings is 1. The van der Waals surface area contributed by atoms with Crippen molar-refractivity contribution in [2.45, 2.75) is 11.8 Å². The Balaban J connectivity index is 2.19. The van der Waals surface area contributed by atoms with Crippen LogP contribution in [0, 0.1) is 12.7 Å². The minimum atomic E-state index is -0.452. The van der Waals surface area contributed by atoms with Gasteiger partial charge < -0.3 is 5.32 Å². The highest BCUT2D eigenvalue weighted by molar-refractivity contribution is 7.80. The van der Waals surface area contributed by atoms with Gasteiger partial charge in [-0.05, 0) is 36.8 Å². The van der Waals surface area contributed by atoms with E-state index < -0.39 is 5.82 Å². The van der Waals surface area contributed by atoms with Crippen molar-refractivity contribution in [3.05, 3.63) is 53.6 Å². The second kappa shape index (κ2) is 5.18. The number of aryl methyl sites for hydroxylation is 1. The smallest absolute Gasteiger partial charge is 0.255 e. The van der Waals surface area contributed by atoms with Gasteiger partial charge in [-0.15, -0.1) is 12.6 Å². The average Bonchev–Trinajstić information content (AvgIpc) is 2.32. The van der Waals surface area contributed by atoms with E-state index in [1.165, 1.54) is 18.2 Å². The summed E-state index contributed by atoms with van der Waals surface area (Å²) in [5.74, 6) is -0.773. The van der Waals surface area contributed by atoms with Crippen LogP contribution >= 0.6 is 12.6 Å². The maximum absolute atomic E-state index is 13.0. The Morgan fingerprint density at radius 2 is 2.11 bits per heavy atom. The van der Waals surface area contributed by atoms with Crippen LogP contribution < -0.4 is 5.32 Å². The van der Waals surface area contributed by atoms with Gasteiger partial charge in [-0.1, -0.05) is 0 Å². The highest BCUT2D eigenvalue weighted by Gasteiger charge is 2.08. The number of benzene rings is 1. The summed E-state index contributed by atoms with van der Waals surface area (Å²) in [6.45, 7) is 1.88. The fourth-order valence-electron chi connectivity index (χ4n) is 1.48. The molecule has 0 aliphatic carbocycles. The molecule has 0 atom stereocenters. The summed E-state index contributed by atoms with van der Waals surface area (Å²) in [7, 11) is 0. The minimum absolute atomic E-state index is 0.144. The predicted molar refractivity (Wildman–Crippen MR) is 70.6 cm³/mol. The Morgan fingerprint density at radius 3 is 2.78 bits per heavy atom. The number of hydrogen-bond donors (Lipinski definition) is 2. The first-order valence-corrected chi connectivity index (χ1v) is 5.72. The van der Waals surface area contributed by atoms with Crippen molar-refractivity contribution in [3.8, 4) is 0 Å². The molecule has 18 heavy (non-hydrogen) atoms. The van der Waals surface area contributed by atoms with Crippen LogP contribution in [-0.4, -0.2) is 10.9 Å². The molecule has 1 amide bonds. The van der Waals surface area contributed by atoms with Gasteiger partial charge in [0.1, 0.15) is 5.82 Å². The number of thiol groups is 1. The normalized spacial score (nSPS) is 10.2. The summed E-state index contributed by atoms with van der Waals surface area (Å²) in [6.07, 6.45) is 3.25. The average molecular weight is 262 g/mol. The summed E-state index contributed by atoms with van der Waals surface area (Å²) in [5.41, 5.74) is 1.90. The van der Waals surface area contributed by atoms with Crippen molar-refractivity contribution < 1.29 is 9.18 Å². The van der Waals surface area contributed by atoms with E-state index in [0.29, 0.717) is 11.3 Å². The number of rotatable bonds is 2. The lowest BCUT2D eigenvalue weighted by molar-refractivity contribution is 0.102. The van der Waals surface area contributed by atoms with Crippen LogP contribution in [0.2, 0.25) is 0 Å². The minimum Gasteiger partial charge on any atom is -0.321 e. The van der Waals surface area contributed by atoms with Gasteiger partial charge in [0.05, 0.1) is 11.9 Å². The van der Waals surface area contributed by atoms with Crippen LogP contribution in [0.3, 0.4) is 0 Å². The fraction of sp³-hybridized carbons (Fsp3) is 0.0769. The second-order valence-corrected chi connectivity index (χ2v) is 4.35. The molecule has 1 heterocycles. The standard InChI is InChI=1S/C13H11FN2OS/c1-8-4-10(7-15-6-8)16-13(17)9-2-3-11(14)12(18)5-9/h2-7,18H,1H3,(H,16,17). The molecule has 0 bridgehead atoms. The summed E-state index contributed by atoms with van der Waals surface area (Å²) < 4.78 is 13.0. The van der Waals surface area contributed by atoms with Crippen molar-refractivity contribution in [1.29, 1.82) is 0 Å². The molecule has 0 unspecified atom stereocenters. The van der Waals surface area contributed by atoms with E-state index in [1.807, 2.05) is 6.92 Å². The van der Waals surface area contributed by atoms with E-state index in [1.54, 1.807) is 18.5 Å². The van der Waals surface area contributed by atoms with Gasteiger partial charge in [-0.25, -0.2) is 4.39 Å². The Morgan fingerprint density at radius 1 is 1.33 bits per heavy atom. The molecule has 0 radical (unpaired) electrons. The third kappa shape index (κ3) is 2.87. The van der Waals surface area contributed by atoms with Crippen LogP contribution in [-0.2, 0) is 0 Å². The van der Waals surface area contributed by atoms with Crippen molar-refractivity contribution in [2.24, 2.45) is 0 Å². The van der Waals surface area contributed by atoms with E-state index in [4.69, 9.17) is 0 Å². The number of halogens is 1. The molecule has 0 saturated heterocycles. The molecule has 0 aliphatic heterocycles.